The van der Waals surface area contributed by atoms with Gasteiger partial charge in [-0.2, -0.15) is 0 Å². The molecule has 3 nitrogen and oxygen atoms in total. The maximum atomic E-state index is 6.69. The Bertz CT molecular complexity index is 4040. The van der Waals surface area contributed by atoms with E-state index in [1.54, 1.807) is 0 Å². The van der Waals surface area contributed by atoms with Crippen molar-refractivity contribution in [1.82, 2.24) is 9.13 Å². The van der Waals surface area contributed by atoms with E-state index in [0.29, 0.717) is 0 Å². The summed E-state index contributed by atoms with van der Waals surface area (Å²) < 4.78 is 11.6. The van der Waals surface area contributed by atoms with Gasteiger partial charge in [-0.15, -0.1) is 0 Å². The van der Waals surface area contributed by atoms with Crippen LogP contribution in [0.4, 0.5) is 0 Å². The smallest absolute Gasteiger partial charge is 0.145 e. The van der Waals surface area contributed by atoms with E-state index in [4.69, 9.17) is 4.42 Å². The number of fused-ring (bicyclic) bond motifs is 12. The van der Waals surface area contributed by atoms with Crippen LogP contribution in [0, 0.1) is 0 Å². The monoisotopic (exact) mass is 864 g/mol. The van der Waals surface area contributed by atoms with Crippen molar-refractivity contribution >= 4 is 89.1 Å². The van der Waals surface area contributed by atoms with Crippen LogP contribution in [0.1, 0.15) is 0 Å². The van der Waals surface area contributed by atoms with Gasteiger partial charge in [-0.1, -0.05) is 163 Å². The zero-order valence-electron chi connectivity index (χ0n) is 34.9. The molecular weight excluding hydrogens is 829 g/mol. The van der Waals surface area contributed by atoms with E-state index in [1.165, 1.54) is 69.0 Å². The third-order valence-corrected chi connectivity index (χ3v) is 15.8. The Kier molecular flexibility index (Phi) is 8.15. The largest absolute Gasteiger partial charge is 0.455 e. The number of furan rings is 1. The van der Waals surface area contributed by atoms with Gasteiger partial charge in [-0.05, 0) is 107 Å². The van der Waals surface area contributed by atoms with Crippen LogP contribution in [0.3, 0.4) is 0 Å². The fourth-order valence-corrected chi connectivity index (χ4v) is 12.8. The topological polar surface area (TPSA) is 23.0 Å². The summed E-state index contributed by atoms with van der Waals surface area (Å²) in [5.41, 5.74) is 15.8. The van der Waals surface area contributed by atoms with Crippen LogP contribution in [0.15, 0.2) is 242 Å². The molecule has 5 heteroatoms. The lowest BCUT2D eigenvalue weighted by Crippen LogP contribution is -2.01. The van der Waals surface area contributed by atoms with Gasteiger partial charge in [0.1, 0.15) is 11.2 Å². The first-order valence-electron chi connectivity index (χ1n) is 22.0. The molecule has 1 aliphatic heterocycles. The number of rotatable bonds is 5. The van der Waals surface area contributed by atoms with Crippen LogP contribution in [0.2, 0.25) is 0 Å². The van der Waals surface area contributed by atoms with Crippen LogP contribution in [-0.4, -0.2) is 9.13 Å². The lowest BCUT2D eigenvalue weighted by atomic mass is 9.92. The second-order valence-corrected chi connectivity index (χ2v) is 18.9. The van der Waals surface area contributed by atoms with Crippen molar-refractivity contribution in [3.8, 4) is 44.8 Å². The second-order valence-electron chi connectivity index (χ2n) is 16.8. The van der Waals surface area contributed by atoms with Crippen LogP contribution in [0.5, 0.6) is 0 Å². The summed E-state index contributed by atoms with van der Waals surface area (Å²) in [6.07, 6.45) is 0. The molecular formula is C60H36N2OS2. The van der Waals surface area contributed by atoms with E-state index in [-0.39, 0.29) is 0 Å². The summed E-state index contributed by atoms with van der Waals surface area (Å²) in [5, 5.41) is 7.04. The molecule has 0 unspecified atom stereocenters. The molecule has 0 bridgehead atoms. The fraction of sp³-hybridized carbons (Fsp3) is 0. The molecule has 14 rings (SSSR count). The lowest BCUT2D eigenvalue weighted by Gasteiger charge is -2.22. The van der Waals surface area contributed by atoms with Crippen molar-refractivity contribution in [3.05, 3.63) is 218 Å². The molecule has 65 heavy (non-hydrogen) atoms. The Morgan fingerprint density at radius 3 is 1.71 bits per heavy atom. The highest BCUT2D eigenvalue weighted by molar-refractivity contribution is 8.05. The summed E-state index contributed by atoms with van der Waals surface area (Å²) in [5.74, 6) is 0. The molecule has 0 atom stereocenters. The Morgan fingerprint density at radius 2 is 0.923 bits per heavy atom. The van der Waals surface area contributed by atoms with E-state index >= 15 is 0 Å². The summed E-state index contributed by atoms with van der Waals surface area (Å²) in [4.78, 5) is 5.23. The molecule has 0 saturated carbocycles. The first kappa shape index (κ1) is 36.8. The molecule has 304 valence electrons. The van der Waals surface area contributed by atoms with Gasteiger partial charge in [0.15, 0.2) is 0 Å². The Hall–Kier alpha value is -7.70. The number of aromatic nitrogens is 2. The van der Waals surface area contributed by atoms with Crippen molar-refractivity contribution in [2.45, 2.75) is 19.6 Å². The molecule has 1 aliphatic rings. The molecule has 4 heterocycles. The number of hydrogen-bond donors (Lipinski definition) is 0. The first-order chi connectivity index (χ1) is 32.2. The zero-order valence-corrected chi connectivity index (χ0v) is 36.5. The quantitative estimate of drug-likeness (QED) is 0.172. The van der Waals surface area contributed by atoms with E-state index < -0.39 is 0 Å². The fourth-order valence-electron chi connectivity index (χ4n) is 10.4. The SMILES string of the molecule is c1cc(-c2ccccc2-c2cccc3c2Sc2ccccc2S3)cc(-c2cc(-n3c4ccccc4c4c5oc6ccccc6c5ccc43)ccc2-n2c3ccccc3c3ccccc32)c1. The molecule has 3 aromatic heterocycles. The van der Waals surface area contributed by atoms with E-state index in [2.05, 4.69) is 221 Å². The standard InChI is InChI=1S/C60H36N2OS2/c1-2-18-41(46-23-14-30-57-60(46)65-56-29-12-11-28-55(56)64-57)40(17-1)37-15-13-16-38(35-37)48-36-39(31-33-52(48)62-49-24-7-3-19-42(49)43-20-4-8-25-50(43)62)61-51-26-9-5-22-47(51)58-53(61)34-32-45-44-21-6-10-27-54(44)63-59(45)58/h1-36H. The van der Waals surface area contributed by atoms with Crippen LogP contribution < -0.4 is 0 Å². The maximum Gasteiger partial charge on any atom is 0.145 e. The predicted octanol–water partition coefficient (Wildman–Crippen LogP) is 17.4. The van der Waals surface area contributed by atoms with Gasteiger partial charge in [0.2, 0.25) is 0 Å². The third-order valence-electron chi connectivity index (χ3n) is 13.2. The minimum absolute atomic E-state index is 0.904. The minimum atomic E-state index is 0.904. The second kappa shape index (κ2) is 14.4. The van der Waals surface area contributed by atoms with Crippen molar-refractivity contribution in [2.75, 3.05) is 0 Å². The van der Waals surface area contributed by atoms with Gasteiger partial charge in [0.25, 0.3) is 0 Å². The molecule has 10 aromatic carbocycles. The Labute approximate surface area is 383 Å². The van der Waals surface area contributed by atoms with Crippen LogP contribution in [-0.2, 0) is 0 Å². The Balaban J connectivity index is 1.00. The van der Waals surface area contributed by atoms with Crippen molar-refractivity contribution in [3.63, 3.8) is 0 Å². The Morgan fingerprint density at radius 1 is 0.338 bits per heavy atom. The number of nitrogens with zero attached hydrogens (tertiary/aromatic N) is 2. The number of para-hydroxylation sites is 4. The lowest BCUT2D eigenvalue weighted by molar-refractivity contribution is 0.673. The third kappa shape index (κ3) is 5.59. The first-order valence-corrected chi connectivity index (χ1v) is 23.6. The normalized spacial score (nSPS) is 12.5. The average Bonchev–Trinajstić information content (AvgIpc) is 4.03. The highest BCUT2D eigenvalue weighted by atomic mass is 32.2. The van der Waals surface area contributed by atoms with Gasteiger partial charge in [-0.3, -0.25) is 0 Å². The van der Waals surface area contributed by atoms with Crippen molar-refractivity contribution in [2.24, 2.45) is 0 Å². The minimum Gasteiger partial charge on any atom is -0.455 e. The van der Waals surface area contributed by atoms with E-state index in [9.17, 15) is 0 Å². The molecule has 13 aromatic rings. The molecule has 0 N–H and O–H groups in total. The van der Waals surface area contributed by atoms with Crippen molar-refractivity contribution < 1.29 is 4.42 Å². The molecule has 0 radical (unpaired) electrons. The summed E-state index contributed by atoms with van der Waals surface area (Å²) >= 11 is 3.75. The van der Waals surface area contributed by atoms with Crippen LogP contribution in [0.25, 0.3) is 110 Å². The van der Waals surface area contributed by atoms with Gasteiger partial charge in [0, 0.05) is 57.8 Å². The van der Waals surface area contributed by atoms with E-state index in [0.717, 1.165) is 60.9 Å². The predicted molar refractivity (Wildman–Crippen MR) is 273 cm³/mol. The molecule has 0 aliphatic carbocycles. The zero-order chi connectivity index (χ0) is 42.6. The molecule has 0 saturated heterocycles. The summed E-state index contributed by atoms with van der Waals surface area (Å²) in [6, 6.07) is 79.8. The summed E-state index contributed by atoms with van der Waals surface area (Å²) in [6.45, 7) is 0. The van der Waals surface area contributed by atoms with Gasteiger partial charge in [0.05, 0.1) is 33.1 Å². The van der Waals surface area contributed by atoms with Crippen molar-refractivity contribution in [1.29, 1.82) is 0 Å². The van der Waals surface area contributed by atoms with E-state index in [1.807, 2.05) is 29.6 Å². The van der Waals surface area contributed by atoms with Gasteiger partial charge in [-0.25, -0.2) is 0 Å². The molecule has 0 fully saturated rings. The van der Waals surface area contributed by atoms with Gasteiger partial charge < -0.3 is 13.6 Å². The molecule has 0 spiro atoms. The van der Waals surface area contributed by atoms with Crippen LogP contribution >= 0.6 is 23.5 Å². The average molecular weight is 865 g/mol. The number of hydrogen-bond acceptors (Lipinski definition) is 3. The number of benzene rings is 10. The summed E-state index contributed by atoms with van der Waals surface area (Å²) in [7, 11) is 0. The highest BCUT2D eigenvalue weighted by Gasteiger charge is 2.24. The molecule has 0 amide bonds. The van der Waals surface area contributed by atoms with Gasteiger partial charge >= 0.3 is 0 Å². The highest BCUT2D eigenvalue weighted by Crippen LogP contribution is 2.53. The maximum absolute atomic E-state index is 6.69.